The quantitative estimate of drug-likeness (QED) is 0.795. The first-order valence-electron chi connectivity index (χ1n) is 6.08. The van der Waals surface area contributed by atoms with Crippen LogP contribution in [0.1, 0.15) is 0 Å². The molecule has 0 fully saturated rings. The molecule has 1 unspecified atom stereocenters. The van der Waals surface area contributed by atoms with Gasteiger partial charge in [0.2, 0.25) is 0 Å². The van der Waals surface area contributed by atoms with Crippen molar-refractivity contribution in [1.29, 1.82) is 0 Å². The fourth-order valence-electron chi connectivity index (χ4n) is 2.22. The largest absolute Gasteiger partial charge is 0.482 e. The predicted octanol–water partition coefficient (Wildman–Crippen LogP) is 3.47. The maximum Gasteiger partial charge on any atom is 0.143 e. The fraction of sp³-hybridized carbons (Fsp3) is 0.125. The van der Waals surface area contributed by atoms with E-state index in [-0.39, 0.29) is 12.1 Å². The standard InChI is InChI=1S/C16H15NO/c1-2-3-6-12-9-10-14-16(11-12)18-15-8-5-4-7-13(15)17-14/h2-11,14,16-17H,1H2/b6-3-/t14-,16?/m0/s1. The van der Waals surface area contributed by atoms with Crippen molar-refractivity contribution in [1.82, 2.24) is 0 Å². The lowest BCUT2D eigenvalue weighted by Gasteiger charge is -2.33. The Hall–Kier alpha value is -2.22. The van der Waals surface area contributed by atoms with E-state index in [4.69, 9.17) is 4.74 Å². The van der Waals surface area contributed by atoms with Gasteiger partial charge in [0, 0.05) is 0 Å². The van der Waals surface area contributed by atoms with E-state index in [2.05, 4.69) is 30.1 Å². The van der Waals surface area contributed by atoms with Crippen molar-refractivity contribution in [2.24, 2.45) is 0 Å². The van der Waals surface area contributed by atoms with Crippen molar-refractivity contribution in [3.63, 3.8) is 0 Å². The highest BCUT2D eigenvalue weighted by molar-refractivity contribution is 5.60. The lowest BCUT2D eigenvalue weighted by Crippen LogP contribution is -2.40. The molecule has 1 N–H and O–H groups in total. The van der Waals surface area contributed by atoms with Crippen molar-refractivity contribution < 1.29 is 4.74 Å². The molecule has 1 heterocycles. The van der Waals surface area contributed by atoms with Crippen LogP contribution in [0.3, 0.4) is 0 Å². The Morgan fingerprint density at radius 1 is 1.28 bits per heavy atom. The average molecular weight is 237 g/mol. The number of fused-ring (bicyclic) bond motifs is 2. The normalized spacial score (nSPS) is 24.6. The number of para-hydroxylation sites is 2. The minimum Gasteiger partial charge on any atom is -0.482 e. The zero-order chi connectivity index (χ0) is 12.4. The highest BCUT2D eigenvalue weighted by Crippen LogP contribution is 2.33. The van der Waals surface area contributed by atoms with Crippen LogP contribution in [-0.4, -0.2) is 12.1 Å². The number of allylic oxidation sites excluding steroid dienone is 5. The number of hydrogen-bond donors (Lipinski definition) is 1. The van der Waals surface area contributed by atoms with E-state index in [0.29, 0.717) is 0 Å². The van der Waals surface area contributed by atoms with Gasteiger partial charge in [0.25, 0.3) is 0 Å². The molecule has 0 saturated carbocycles. The molecule has 0 aromatic heterocycles. The molecule has 2 aliphatic rings. The molecule has 0 saturated heterocycles. The molecule has 2 atom stereocenters. The second-order valence-corrected chi connectivity index (χ2v) is 4.37. The van der Waals surface area contributed by atoms with Crippen LogP contribution in [0.5, 0.6) is 5.75 Å². The first kappa shape index (κ1) is 10.9. The monoisotopic (exact) mass is 237 g/mol. The molecule has 0 bridgehead atoms. The summed E-state index contributed by atoms with van der Waals surface area (Å²) in [5.41, 5.74) is 2.21. The van der Waals surface area contributed by atoms with Crippen molar-refractivity contribution in [2.75, 3.05) is 5.32 Å². The van der Waals surface area contributed by atoms with Crippen LogP contribution >= 0.6 is 0 Å². The third-order valence-electron chi connectivity index (χ3n) is 3.10. The second kappa shape index (κ2) is 4.57. The second-order valence-electron chi connectivity index (χ2n) is 4.37. The van der Waals surface area contributed by atoms with Gasteiger partial charge in [-0.15, -0.1) is 0 Å². The molecule has 3 rings (SSSR count). The summed E-state index contributed by atoms with van der Waals surface area (Å²) in [4.78, 5) is 0. The van der Waals surface area contributed by atoms with Gasteiger partial charge in [0.1, 0.15) is 11.9 Å². The van der Waals surface area contributed by atoms with Gasteiger partial charge in [0.15, 0.2) is 0 Å². The summed E-state index contributed by atoms with van der Waals surface area (Å²) in [5.74, 6) is 0.914. The van der Waals surface area contributed by atoms with E-state index in [1.165, 1.54) is 0 Å². The van der Waals surface area contributed by atoms with Crippen LogP contribution in [0.15, 0.2) is 72.9 Å². The molecule has 1 aromatic carbocycles. The molecular formula is C16H15NO. The third kappa shape index (κ3) is 1.97. The van der Waals surface area contributed by atoms with E-state index in [1.807, 2.05) is 36.4 Å². The summed E-state index contributed by atoms with van der Waals surface area (Å²) in [7, 11) is 0. The van der Waals surface area contributed by atoms with E-state index < -0.39 is 0 Å². The molecule has 1 aromatic rings. The molecule has 1 aliphatic heterocycles. The molecule has 2 heteroatoms. The maximum absolute atomic E-state index is 6.00. The highest BCUT2D eigenvalue weighted by Gasteiger charge is 2.27. The molecule has 0 radical (unpaired) electrons. The number of nitrogens with one attached hydrogen (secondary N) is 1. The average Bonchev–Trinajstić information content (AvgIpc) is 2.42. The van der Waals surface area contributed by atoms with Gasteiger partial charge in [-0.3, -0.25) is 0 Å². The molecule has 90 valence electrons. The van der Waals surface area contributed by atoms with Gasteiger partial charge in [-0.25, -0.2) is 0 Å². The first-order valence-corrected chi connectivity index (χ1v) is 6.08. The van der Waals surface area contributed by atoms with Crippen LogP contribution in [0, 0.1) is 0 Å². The Morgan fingerprint density at radius 3 is 3.06 bits per heavy atom. The van der Waals surface area contributed by atoms with Crippen LogP contribution in [0.25, 0.3) is 0 Å². The van der Waals surface area contributed by atoms with Gasteiger partial charge in [-0.05, 0) is 23.8 Å². The zero-order valence-corrected chi connectivity index (χ0v) is 10.0. The molecule has 0 amide bonds. The minimum atomic E-state index is 0.0503. The smallest absolute Gasteiger partial charge is 0.143 e. The summed E-state index contributed by atoms with van der Waals surface area (Å²) in [6.45, 7) is 3.67. The maximum atomic E-state index is 6.00. The lowest BCUT2D eigenvalue weighted by atomic mass is 9.98. The Morgan fingerprint density at radius 2 is 2.17 bits per heavy atom. The number of benzene rings is 1. The first-order chi connectivity index (χ1) is 8.86. The molecular weight excluding hydrogens is 222 g/mol. The van der Waals surface area contributed by atoms with Gasteiger partial charge in [-0.2, -0.15) is 0 Å². The number of hydrogen-bond acceptors (Lipinski definition) is 2. The van der Waals surface area contributed by atoms with Crippen LogP contribution in [-0.2, 0) is 0 Å². The van der Waals surface area contributed by atoms with E-state index in [1.54, 1.807) is 6.08 Å². The number of anilines is 1. The van der Waals surface area contributed by atoms with Crippen molar-refractivity contribution in [2.45, 2.75) is 12.1 Å². The highest BCUT2D eigenvalue weighted by atomic mass is 16.5. The van der Waals surface area contributed by atoms with Crippen LogP contribution in [0.4, 0.5) is 5.69 Å². The Kier molecular flexibility index (Phi) is 2.77. The van der Waals surface area contributed by atoms with Gasteiger partial charge < -0.3 is 10.1 Å². The Labute approximate surface area is 107 Å². The summed E-state index contributed by atoms with van der Waals surface area (Å²) >= 11 is 0. The van der Waals surface area contributed by atoms with Crippen LogP contribution < -0.4 is 10.1 Å². The SMILES string of the molecule is C=C/C=C\C1=CC2Oc3ccccc3N[C@H]2C=C1. The fourth-order valence-corrected chi connectivity index (χ4v) is 2.22. The molecule has 1 aliphatic carbocycles. The van der Waals surface area contributed by atoms with E-state index >= 15 is 0 Å². The Balaban J connectivity index is 1.87. The molecule has 18 heavy (non-hydrogen) atoms. The predicted molar refractivity (Wildman–Crippen MR) is 74.8 cm³/mol. The molecule has 0 spiro atoms. The summed E-state index contributed by atoms with van der Waals surface area (Å²) in [6, 6.07) is 8.23. The van der Waals surface area contributed by atoms with Crippen molar-refractivity contribution in [3.05, 3.63) is 72.9 Å². The topological polar surface area (TPSA) is 21.3 Å². The zero-order valence-electron chi connectivity index (χ0n) is 10.0. The summed E-state index contributed by atoms with van der Waals surface area (Å²) in [5, 5.41) is 3.47. The third-order valence-corrected chi connectivity index (χ3v) is 3.10. The van der Waals surface area contributed by atoms with E-state index in [0.717, 1.165) is 17.0 Å². The lowest BCUT2D eigenvalue weighted by molar-refractivity contribution is 0.228. The van der Waals surface area contributed by atoms with Crippen LogP contribution in [0.2, 0.25) is 0 Å². The molecule has 2 nitrogen and oxygen atoms in total. The minimum absolute atomic E-state index is 0.0503. The van der Waals surface area contributed by atoms with Crippen molar-refractivity contribution in [3.8, 4) is 5.75 Å². The van der Waals surface area contributed by atoms with Gasteiger partial charge in [-0.1, -0.05) is 49.1 Å². The van der Waals surface area contributed by atoms with Crippen molar-refractivity contribution >= 4 is 5.69 Å². The van der Waals surface area contributed by atoms with E-state index in [9.17, 15) is 0 Å². The number of ether oxygens (including phenoxy) is 1. The summed E-state index contributed by atoms with van der Waals surface area (Å²) in [6.07, 6.45) is 12.2. The Bertz CT molecular complexity index is 554. The number of rotatable bonds is 2. The summed E-state index contributed by atoms with van der Waals surface area (Å²) < 4.78 is 6.00. The van der Waals surface area contributed by atoms with Gasteiger partial charge in [0.05, 0.1) is 11.7 Å². The van der Waals surface area contributed by atoms with Gasteiger partial charge >= 0.3 is 0 Å².